The molecular weight excluding hydrogens is 282 g/mol. The first-order chi connectivity index (χ1) is 10.3. The van der Waals surface area contributed by atoms with Gasteiger partial charge in [-0.05, 0) is 25.1 Å². The molecule has 2 aliphatic heterocycles. The summed E-state index contributed by atoms with van der Waals surface area (Å²) in [5, 5.41) is 3.42. The number of hydrogen-bond acceptors (Lipinski definition) is 4. The minimum atomic E-state index is 0.271. The average Bonchev–Trinajstić information content (AvgIpc) is 3.08. The molecule has 0 spiro atoms. The predicted molar refractivity (Wildman–Crippen MR) is 86.6 cm³/mol. The molecule has 1 aromatic carbocycles. The van der Waals surface area contributed by atoms with Crippen molar-refractivity contribution in [1.82, 2.24) is 15.1 Å². The third kappa shape index (κ3) is 3.99. The molecule has 1 N–H and O–H groups in total. The zero-order valence-corrected chi connectivity index (χ0v) is 13.1. The number of nitrogens with one attached hydrogen (secondary N) is 1. The third-order valence-electron chi connectivity index (χ3n) is 4.32. The summed E-state index contributed by atoms with van der Waals surface area (Å²) in [4.78, 5) is 18.0. The van der Waals surface area contributed by atoms with E-state index in [4.69, 9.17) is 0 Å². The summed E-state index contributed by atoms with van der Waals surface area (Å²) >= 11 is 1.63. The van der Waals surface area contributed by atoms with Crippen LogP contribution in [0.4, 0.5) is 0 Å². The molecule has 2 fully saturated rings. The highest BCUT2D eigenvalue weighted by Crippen LogP contribution is 2.18. The quantitative estimate of drug-likeness (QED) is 0.850. The van der Waals surface area contributed by atoms with Gasteiger partial charge in [0.25, 0.3) is 0 Å². The van der Waals surface area contributed by atoms with Crippen LogP contribution in [0.25, 0.3) is 0 Å². The summed E-state index contributed by atoms with van der Waals surface area (Å²) in [5.41, 5.74) is 0. The first-order valence-electron chi connectivity index (χ1n) is 7.73. The Morgan fingerprint density at radius 2 is 1.95 bits per heavy atom. The minimum Gasteiger partial charge on any atom is -0.339 e. The molecule has 5 heteroatoms. The summed E-state index contributed by atoms with van der Waals surface area (Å²) in [5.74, 6) is 0.822. The van der Waals surface area contributed by atoms with E-state index in [1.807, 2.05) is 23.1 Å². The Balaban J connectivity index is 1.42. The van der Waals surface area contributed by atoms with Crippen molar-refractivity contribution >= 4 is 17.7 Å². The van der Waals surface area contributed by atoms with Gasteiger partial charge in [0.15, 0.2) is 0 Å². The highest BCUT2D eigenvalue weighted by molar-refractivity contribution is 8.00. The van der Waals surface area contributed by atoms with E-state index >= 15 is 0 Å². The van der Waals surface area contributed by atoms with Crippen molar-refractivity contribution in [1.29, 1.82) is 0 Å². The van der Waals surface area contributed by atoms with Crippen LogP contribution in [0.5, 0.6) is 0 Å². The maximum Gasteiger partial charge on any atom is 0.233 e. The van der Waals surface area contributed by atoms with Crippen LogP contribution in [0.2, 0.25) is 0 Å². The van der Waals surface area contributed by atoms with Crippen LogP contribution in [0.1, 0.15) is 6.42 Å². The van der Waals surface area contributed by atoms with Crippen molar-refractivity contribution in [2.24, 2.45) is 0 Å². The summed E-state index contributed by atoms with van der Waals surface area (Å²) in [6, 6.07) is 10.8. The number of rotatable bonds is 4. The number of carbonyl (C=O) groups is 1. The van der Waals surface area contributed by atoms with Crippen LogP contribution in [-0.4, -0.2) is 66.8 Å². The van der Waals surface area contributed by atoms with Gasteiger partial charge in [-0.2, -0.15) is 0 Å². The molecule has 0 radical (unpaired) electrons. The molecule has 4 nitrogen and oxygen atoms in total. The lowest BCUT2D eigenvalue weighted by atomic mass is 10.2. The molecule has 0 bridgehead atoms. The molecule has 2 aliphatic rings. The van der Waals surface area contributed by atoms with Gasteiger partial charge in [-0.25, -0.2) is 0 Å². The number of piperazine rings is 1. The maximum atomic E-state index is 12.3. The fraction of sp³-hybridized carbons (Fsp3) is 0.562. The molecule has 2 saturated heterocycles. The van der Waals surface area contributed by atoms with Crippen molar-refractivity contribution in [3.05, 3.63) is 30.3 Å². The Labute approximate surface area is 130 Å². The van der Waals surface area contributed by atoms with Crippen molar-refractivity contribution in [3.8, 4) is 0 Å². The molecule has 114 valence electrons. The monoisotopic (exact) mass is 305 g/mol. The molecule has 2 heterocycles. The Morgan fingerprint density at radius 1 is 1.19 bits per heavy atom. The van der Waals surface area contributed by atoms with E-state index in [1.54, 1.807) is 11.8 Å². The van der Waals surface area contributed by atoms with Gasteiger partial charge in [0, 0.05) is 43.7 Å². The van der Waals surface area contributed by atoms with Crippen LogP contribution in [0.3, 0.4) is 0 Å². The summed E-state index contributed by atoms with van der Waals surface area (Å²) in [6.07, 6.45) is 1.25. The second-order valence-electron chi connectivity index (χ2n) is 5.67. The van der Waals surface area contributed by atoms with Gasteiger partial charge < -0.3 is 10.2 Å². The molecule has 3 rings (SSSR count). The first kappa shape index (κ1) is 14.9. The molecule has 1 unspecified atom stereocenters. The van der Waals surface area contributed by atoms with E-state index in [-0.39, 0.29) is 5.91 Å². The summed E-state index contributed by atoms with van der Waals surface area (Å²) < 4.78 is 0. The Kier molecular flexibility index (Phi) is 5.17. The van der Waals surface area contributed by atoms with E-state index in [9.17, 15) is 4.79 Å². The third-order valence-corrected chi connectivity index (χ3v) is 5.32. The van der Waals surface area contributed by atoms with E-state index in [0.717, 1.165) is 39.3 Å². The van der Waals surface area contributed by atoms with E-state index < -0.39 is 0 Å². The van der Waals surface area contributed by atoms with Crippen LogP contribution in [-0.2, 0) is 4.79 Å². The molecular formula is C16H23N3OS. The van der Waals surface area contributed by atoms with Crippen molar-refractivity contribution < 1.29 is 4.79 Å². The second kappa shape index (κ2) is 7.29. The number of carbonyl (C=O) groups excluding carboxylic acids is 1. The van der Waals surface area contributed by atoms with Gasteiger partial charge in [-0.3, -0.25) is 9.69 Å². The zero-order chi connectivity index (χ0) is 14.5. The standard InChI is InChI=1S/C16H23N3OS/c20-16(13-21-15-4-2-1-3-5-15)19-10-8-18(9-11-19)14-6-7-17-12-14/h1-5,14,17H,6-13H2. The zero-order valence-electron chi connectivity index (χ0n) is 12.3. The number of benzene rings is 1. The number of amides is 1. The van der Waals surface area contributed by atoms with Gasteiger partial charge in [0.1, 0.15) is 0 Å². The Hall–Kier alpha value is -1.04. The fourth-order valence-corrected chi connectivity index (χ4v) is 3.86. The topological polar surface area (TPSA) is 35.6 Å². The number of nitrogens with zero attached hydrogens (tertiary/aromatic N) is 2. The molecule has 21 heavy (non-hydrogen) atoms. The number of hydrogen-bond donors (Lipinski definition) is 1. The predicted octanol–water partition coefficient (Wildman–Crippen LogP) is 1.28. The van der Waals surface area contributed by atoms with Crippen molar-refractivity contribution in [3.63, 3.8) is 0 Å². The molecule has 0 aliphatic carbocycles. The highest BCUT2D eigenvalue weighted by atomic mass is 32.2. The molecule has 1 amide bonds. The Bertz CT molecular complexity index is 454. The highest BCUT2D eigenvalue weighted by Gasteiger charge is 2.27. The average molecular weight is 305 g/mol. The van der Waals surface area contributed by atoms with Gasteiger partial charge in [-0.1, -0.05) is 18.2 Å². The van der Waals surface area contributed by atoms with Gasteiger partial charge in [-0.15, -0.1) is 11.8 Å². The van der Waals surface area contributed by atoms with E-state index in [1.165, 1.54) is 11.3 Å². The van der Waals surface area contributed by atoms with Gasteiger partial charge in [0.2, 0.25) is 5.91 Å². The Morgan fingerprint density at radius 3 is 2.62 bits per heavy atom. The van der Waals surface area contributed by atoms with Gasteiger partial charge >= 0.3 is 0 Å². The summed E-state index contributed by atoms with van der Waals surface area (Å²) in [7, 11) is 0. The summed E-state index contributed by atoms with van der Waals surface area (Å²) in [6.45, 7) is 6.05. The van der Waals surface area contributed by atoms with Crippen LogP contribution in [0, 0.1) is 0 Å². The maximum absolute atomic E-state index is 12.3. The second-order valence-corrected chi connectivity index (χ2v) is 6.71. The normalized spacial score (nSPS) is 23.4. The van der Waals surface area contributed by atoms with Crippen LogP contribution < -0.4 is 5.32 Å². The van der Waals surface area contributed by atoms with Crippen LogP contribution >= 0.6 is 11.8 Å². The minimum absolute atomic E-state index is 0.271. The lowest BCUT2D eigenvalue weighted by Gasteiger charge is -2.37. The molecule has 1 atom stereocenters. The SMILES string of the molecule is O=C(CSc1ccccc1)N1CCN(C2CCNC2)CC1. The van der Waals surface area contributed by atoms with E-state index in [0.29, 0.717) is 11.8 Å². The lowest BCUT2D eigenvalue weighted by molar-refractivity contribution is -0.130. The van der Waals surface area contributed by atoms with Gasteiger partial charge in [0.05, 0.1) is 5.75 Å². The smallest absolute Gasteiger partial charge is 0.233 e. The molecule has 0 aromatic heterocycles. The van der Waals surface area contributed by atoms with Crippen molar-refractivity contribution in [2.45, 2.75) is 17.4 Å². The van der Waals surface area contributed by atoms with E-state index in [2.05, 4.69) is 22.3 Å². The molecule has 1 aromatic rings. The number of thioether (sulfide) groups is 1. The lowest BCUT2D eigenvalue weighted by Crippen LogP contribution is -2.52. The first-order valence-corrected chi connectivity index (χ1v) is 8.72. The molecule has 0 saturated carbocycles. The largest absolute Gasteiger partial charge is 0.339 e. The van der Waals surface area contributed by atoms with Crippen LogP contribution in [0.15, 0.2) is 35.2 Å². The van der Waals surface area contributed by atoms with Crippen molar-refractivity contribution in [2.75, 3.05) is 45.0 Å². The fourth-order valence-electron chi connectivity index (χ4n) is 3.04.